The van der Waals surface area contributed by atoms with Crippen molar-refractivity contribution in [3.05, 3.63) is 71.4 Å². The van der Waals surface area contributed by atoms with Gasteiger partial charge in [-0.3, -0.25) is 0 Å². The molecule has 4 rings (SSSR count). The lowest BCUT2D eigenvalue weighted by Crippen LogP contribution is -1.98. The van der Waals surface area contributed by atoms with Gasteiger partial charge in [0.05, 0.1) is 11.4 Å². The van der Waals surface area contributed by atoms with Gasteiger partial charge in [-0.15, -0.1) is 5.10 Å². The fourth-order valence-corrected chi connectivity index (χ4v) is 3.17. The minimum absolute atomic E-state index is 0.577. The van der Waals surface area contributed by atoms with Crippen LogP contribution in [0.3, 0.4) is 0 Å². The molecule has 0 N–H and O–H groups in total. The highest BCUT2D eigenvalue weighted by molar-refractivity contribution is 7.98. The van der Waals surface area contributed by atoms with Gasteiger partial charge in [0.15, 0.2) is 0 Å². The van der Waals surface area contributed by atoms with Crippen LogP contribution in [0.15, 0.2) is 70.3 Å². The van der Waals surface area contributed by atoms with Crippen LogP contribution in [-0.4, -0.2) is 25.4 Å². The van der Waals surface area contributed by atoms with Crippen LogP contribution >= 0.6 is 23.4 Å². The molecule has 4 aromatic rings. The summed E-state index contributed by atoms with van der Waals surface area (Å²) in [6.07, 6.45) is 0. The first-order valence-electron chi connectivity index (χ1n) is 7.48. The number of benzene rings is 2. The number of hydrogen-bond acceptors (Lipinski definition) is 6. The Morgan fingerprint density at radius 3 is 2.64 bits per heavy atom. The van der Waals surface area contributed by atoms with Crippen LogP contribution in [0, 0.1) is 0 Å². The molecule has 8 heteroatoms. The fourth-order valence-electron chi connectivity index (χ4n) is 2.27. The molecule has 2 aromatic carbocycles. The summed E-state index contributed by atoms with van der Waals surface area (Å²) in [4.78, 5) is 0. The van der Waals surface area contributed by atoms with Crippen molar-refractivity contribution in [2.75, 3.05) is 0 Å². The molecule has 6 nitrogen and oxygen atoms in total. The van der Waals surface area contributed by atoms with Gasteiger partial charge in [-0.1, -0.05) is 58.9 Å². The minimum Gasteiger partial charge on any atom is -0.360 e. The topological polar surface area (TPSA) is 69.6 Å². The largest absolute Gasteiger partial charge is 0.360 e. The van der Waals surface area contributed by atoms with Crippen molar-refractivity contribution in [3.63, 3.8) is 0 Å². The zero-order valence-electron chi connectivity index (χ0n) is 12.9. The van der Waals surface area contributed by atoms with E-state index in [1.165, 1.54) is 11.8 Å². The molecule has 0 aliphatic heterocycles. The second kappa shape index (κ2) is 7.08. The lowest BCUT2D eigenvalue weighted by molar-refractivity contribution is 0.397. The maximum atomic E-state index is 5.91. The number of rotatable bonds is 5. The van der Waals surface area contributed by atoms with E-state index in [1.807, 2.05) is 60.7 Å². The summed E-state index contributed by atoms with van der Waals surface area (Å²) < 4.78 is 7.11. The molecule has 0 aliphatic carbocycles. The van der Waals surface area contributed by atoms with Gasteiger partial charge in [0, 0.05) is 16.7 Å². The zero-order chi connectivity index (χ0) is 17.1. The van der Waals surface area contributed by atoms with Crippen molar-refractivity contribution in [2.45, 2.75) is 10.9 Å². The smallest absolute Gasteiger partial charge is 0.214 e. The van der Waals surface area contributed by atoms with E-state index in [0.717, 1.165) is 22.7 Å². The quantitative estimate of drug-likeness (QED) is 0.489. The molecule has 0 bridgehead atoms. The molecule has 2 aromatic heterocycles. The van der Waals surface area contributed by atoms with Crippen LogP contribution in [-0.2, 0) is 5.75 Å². The SMILES string of the molecule is Clc1ccc(-c2cc(CSc3nnnn3-c3ccccc3)on2)cc1. The predicted molar refractivity (Wildman–Crippen MR) is 95.7 cm³/mol. The Labute approximate surface area is 152 Å². The Morgan fingerprint density at radius 2 is 1.84 bits per heavy atom. The summed E-state index contributed by atoms with van der Waals surface area (Å²) in [5.41, 5.74) is 2.64. The number of tetrazole rings is 1. The highest BCUT2D eigenvalue weighted by Crippen LogP contribution is 2.26. The first-order valence-corrected chi connectivity index (χ1v) is 8.84. The summed E-state index contributed by atoms with van der Waals surface area (Å²) in [5, 5.41) is 17.3. The summed E-state index contributed by atoms with van der Waals surface area (Å²) in [5.74, 6) is 1.32. The van der Waals surface area contributed by atoms with Crippen LogP contribution in [0.1, 0.15) is 5.76 Å². The van der Waals surface area contributed by atoms with Crippen molar-refractivity contribution < 1.29 is 4.52 Å². The average Bonchev–Trinajstić information content (AvgIpc) is 3.31. The number of halogens is 1. The summed E-state index contributed by atoms with van der Waals surface area (Å²) in [6, 6.07) is 19.1. The monoisotopic (exact) mass is 369 g/mol. The molecule has 2 heterocycles. The molecule has 0 unspecified atom stereocenters. The van der Waals surface area contributed by atoms with E-state index in [4.69, 9.17) is 16.1 Å². The molecule has 0 saturated carbocycles. The van der Waals surface area contributed by atoms with E-state index >= 15 is 0 Å². The van der Waals surface area contributed by atoms with Crippen LogP contribution in [0.4, 0.5) is 0 Å². The maximum Gasteiger partial charge on any atom is 0.214 e. The van der Waals surface area contributed by atoms with Crippen molar-refractivity contribution >= 4 is 23.4 Å². The number of hydrogen-bond donors (Lipinski definition) is 0. The van der Waals surface area contributed by atoms with E-state index in [9.17, 15) is 0 Å². The van der Waals surface area contributed by atoms with Crippen molar-refractivity contribution in [2.24, 2.45) is 0 Å². The van der Waals surface area contributed by atoms with E-state index in [2.05, 4.69) is 20.7 Å². The third-order valence-electron chi connectivity index (χ3n) is 3.48. The van der Waals surface area contributed by atoms with Crippen molar-refractivity contribution in [1.29, 1.82) is 0 Å². The van der Waals surface area contributed by atoms with E-state index in [0.29, 0.717) is 15.9 Å². The molecular formula is C17H12ClN5OS. The van der Waals surface area contributed by atoms with E-state index < -0.39 is 0 Å². The molecule has 0 atom stereocenters. The van der Waals surface area contributed by atoms with Crippen LogP contribution in [0.25, 0.3) is 16.9 Å². The summed E-state index contributed by atoms with van der Waals surface area (Å²) >= 11 is 7.39. The van der Waals surface area contributed by atoms with Crippen LogP contribution in [0.2, 0.25) is 5.02 Å². The summed E-state index contributed by atoms with van der Waals surface area (Å²) in [7, 11) is 0. The van der Waals surface area contributed by atoms with Gasteiger partial charge >= 0.3 is 0 Å². The highest BCUT2D eigenvalue weighted by atomic mass is 35.5. The maximum absolute atomic E-state index is 5.91. The molecular weight excluding hydrogens is 358 g/mol. The van der Waals surface area contributed by atoms with Gasteiger partial charge in [0.2, 0.25) is 5.16 Å². The van der Waals surface area contributed by atoms with Gasteiger partial charge in [-0.05, 0) is 34.7 Å². The Kier molecular flexibility index (Phi) is 4.49. The zero-order valence-corrected chi connectivity index (χ0v) is 14.5. The molecule has 25 heavy (non-hydrogen) atoms. The van der Waals surface area contributed by atoms with Gasteiger partial charge in [0.25, 0.3) is 0 Å². The molecule has 0 radical (unpaired) electrons. The Morgan fingerprint density at radius 1 is 1.04 bits per heavy atom. The normalized spacial score (nSPS) is 10.9. The Hall–Kier alpha value is -2.64. The Balaban J connectivity index is 1.48. The third-order valence-corrected chi connectivity index (χ3v) is 4.68. The van der Waals surface area contributed by atoms with Crippen molar-refractivity contribution in [1.82, 2.24) is 25.4 Å². The van der Waals surface area contributed by atoms with E-state index in [1.54, 1.807) is 4.68 Å². The first kappa shape index (κ1) is 15.9. The number of aromatic nitrogens is 5. The summed E-state index contributed by atoms with van der Waals surface area (Å²) in [6.45, 7) is 0. The number of thioether (sulfide) groups is 1. The van der Waals surface area contributed by atoms with Crippen molar-refractivity contribution in [3.8, 4) is 16.9 Å². The van der Waals surface area contributed by atoms with E-state index in [-0.39, 0.29) is 0 Å². The Bertz CT molecular complexity index is 968. The fraction of sp³-hybridized carbons (Fsp3) is 0.0588. The second-order valence-electron chi connectivity index (χ2n) is 5.18. The molecule has 0 aliphatic rings. The van der Waals surface area contributed by atoms with Gasteiger partial charge < -0.3 is 4.52 Å². The molecule has 0 spiro atoms. The minimum atomic E-state index is 0.577. The first-order chi connectivity index (χ1) is 12.3. The van der Waals surface area contributed by atoms with Gasteiger partial charge in [0.1, 0.15) is 11.5 Å². The standard InChI is InChI=1S/C17H12ClN5OS/c18-13-8-6-12(7-9-13)16-10-15(24-20-16)11-25-17-19-21-22-23(17)14-4-2-1-3-5-14/h1-10H,11H2. The molecule has 124 valence electrons. The molecule has 0 saturated heterocycles. The average molecular weight is 370 g/mol. The lowest BCUT2D eigenvalue weighted by atomic mass is 10.1. The molecule has 0 amide bonds. The lowest BCUT2D eigenvalue weighted by Gasteiger charge is -2.02. The number of nitrogens with zero attached hydrogens (tertiary/aromatic N) is 5. The molecule has 0 fully saturated rings. The highest BCUT2D eigenvalue weighted by Gasteiger charge is 2.12. The third kappa shape index (κ3) is 3.57. The second-order valence-corrected chi connectivity index (χ2v) is 6.56. The van der Waals surface area contributed by atoms with Crippen LogP contribution < -0.4 is 0 Å². The predicted octanol–water partition coefficient (Wildman–Crippen LogP) is 4.26. The number of para-hydroxylation sites is 1. The van der Waals surface area contributed by atoms with Crippen LogP contribution in [0.5, 0.6) is 0 Å². The van der Waals surface area contributed by atoms with Gasteiger partial charge in [-0.25, -0.2) is 0 Å². The van der Waals surface area contributed by atoms with Gasteiger partial charge in [-0.2, -0.15) is 4.68 Å².